The van der Waals surface area contributed by atoms with E-state index in [4.69, 9.17) is 4.74 Å². The lowest BCUT2D eigenvalue weighted by atomic mass is 10.3. The van der Waals surface area contributed by atoms with E-state index in [1.165, 1.54) is 19.2 Å². The first kappa shape index (κ1) is 18.7. The molecule has 1 heterocycles. The van der Waals surface area contributed by atoms with Crippen LogP contribution in [-0.4, -0.2) is 25.5 Å². The van der Waals surface area contributed by atoms with E-state index in [0.717, 1.165) is 17.1 Å². The lowest BCUT2D eigenvalue weighted by Crippen LogP contribution is -2.12. The molecule has 0 amide bonds. The Labute approximate surface area is 158 Å². The first-order chi connectivity index (χ1) is 12.9. The highest BCUT2D eigenvalue weighted by molar-refractivity contribution is 7.92. The van der Waals surface area contributed by atoms with Crippen molar-refractivity contribution in [2.45, 2.75) is 18.7 Å². The monoisotopic (exact) mass is 384 g/mol. The predicted molar refractivity (Wildman–Crippen MR) is 105 cm³/mol. The Kier molecular flexibility index (Phi) is 5.27. The fourth-order valence-corrected chi connectivity index (χ4v) is 3.56. The van der Waals surface area contributed by atoms with Gasteiger partial charge in [0.15, 0.2) is 0 Å². The number of nitrogens with zero attached hydrogens (tertiary/aromatic N) is 2. The van der Waals surface area contributed by atoms with Gasteiger partial charge in [-0.3, -0.25) is 4.72 Å². The number of sulfonamides is 1. The highest BCUT2D eigenvalue weighted by Crippen LogP contribution is 2.21. The maximum absolute atomic E-state index is 12.5. The van der Waals surface area contributed by atoms with Crippen LogP contribution in [0.4, 0.5) is 17.3 Å². The zero-order valence-corrected chi connectivity index (χ0v) is 16.0. The van der Waals surface area contributed by atoms with E-state index in [0.29, 0.717) is 17.4 Å². The molecule has 2 N–H and O–H groups in total. The van der Waals surface area contributed by atoms with Crippen molar-refractivity contribution >= 4 is 27.3 Å². The van der Waals surface area contributed by atoms with Crippen LogP contribution in [0.2, 0.25) is 0 Å². The van der Waals surface area contributed by atoms with Crippen molar-refractivity contribution in [1.82, 2.24) is 9.97 Å². The van der Waals surface area contributed by atoms with Crippen LogP contribution in [0, 0.1) is 13.8 Å². The van der Waals surface area contributed by atoms with E-state index in [1.54, 1.807) is 36.4 Å². The number of benzene rings is 2. The average Bonchev–Trinajstić information content (AvgIpc) is 2.62. The molecule has 0 aliphatic heterocycles. The van der Waals surface area contributed by atoms with Gasteiger partial charge < -0.3 is 10.1 Å². The Morgan fingerprint density at radius 1 is 0.852 bits per heavy atom. The molecule has 27 heavy (non-hydrogen) atoms. The minimum absolute atomic E-state index is 0.161. The Bertz CT molecular complexity index is 1010. The third kappa shape index (κ3) is 4.73. The number of nitrogens with one attached hydrogen (secondary N) is 2. The quantitative estimate of drug-likeness (QED) is 0.674. The smallest absolute Gasteiger partial charge is 0.261 e. The zero-order valence-electron chi connectivity index (χ0n) is 15.2. The molecule has 0 saturated carbocycles. The van der Waals surface area contributed by atoms with Gasteiger partial charge in [-0.1, -0.05) is 0 Å². The van der Waals surface area contributed by atoms with Crippen molar-refractivity contribution in [3.8, 4) is 5.75 Å². The second-order valence-corrected chi connectivity index (χ2v) is 7.64. The highest BCUT2D eigenvalue weighted by Gasteiger charge is 2.14. The molecule has 0 spiro atoms. The number of rotatable bonds is 6. The number of hydrogen-bond acceptors (Lipinski definition) is 6. The van der Waals surface area contributed by atoms with Crippen LogP contribution < -0.4 is 14.8 Å². The molecule has 0 aliphatic carbocycles. The number of anilines is 3. The van der Waals surface area contributed by atoms with E-state index in [-0.39, 0.29) is 4.90 Å². The Hall–Kier alpha value is -3.13. The third-order valence-corrected chi connectivity index (χ3v) is 5.14. The molecule has 7 nitrogen and oxygen atoms in total. The molecule has 140 valence electrons. The number of aryl methyl sites for hydroxylation is 2. The third-order valence-electron chi connectivity index (χ3n) is 3.75. The summed E-state index contributed by atoms with van der Waals surface area (Å²) in [7, 11) is -2.14. The van der Waals surface area contributed by atoms with Crippen LogP contribution >= 0.6 is 0 Å². The van der Waals surface area contributed by atoms with E-state index in [2.05, 4.69) is 20.0 Å². The molecule has 8 heteroatoms. The Morgan fingerprint density at radius 3 is 1.96 bits per heavy atom. The largest absolute Gasteiger partial charge is 0.497 e. The van der Waals surface area contributed by atoms with E-state index in [1.807, 2.05) is 19.9 Å². The van der Waals surface area contributed by atoms with Gasteiger partial charge in [-0.15, -0.1) is 0 Å². The molecule has 2 aromatic carbocycles. The summed E-state index contributed by atoms with van der Waals surface area (Å²) in [5.41, 5.74) is 2.95. The summed E-state index contributed by atoms with van der Waals surface area (Å²) in [6, 6.07) is 14.9. The lowest BCUT2D eigenvalue weighted by molar-refractivity contribution is 0.414. The molecule has 0 aliphatic rings. The van der Waals surface area contributed by atoms with Crippen LogP contribution in [0.1, 0.15) is 11.4 Å². The maximum atomic E-state index is 12.5. The second-order valence-electron chi connectivity index (χ2n) is 5.96. The van der Waals surface area contributed by atoms with Crippen molar-refractivity contribution in [2.24, 2.45) is 0 Å². The minimum Gasteiger partial charge on any atom is -0.497 e. The second kappa shape index (κ2) is 7.63. The average molecular weight is 384 g/mol. The molecule has 0 bridgehead atoms. The molecular weight excluding hydrogens is 364 g/mol. The molecule has 1 aromatic heterocycles. The molecule has 0 unspecified atom stereocenters. The van der Waals surface area contributed by atoms with Crippen LogP contribution in [0.5, 0.6) is 5.75 Å². The SMILES string of the molecule is COc1ccc(S(=O)(=O)Nc2ccc(Nc3nc(C)cc(C)n3)cc2)cc1. The normalized spacial score (nSPS) is 11.1. The van der Waals surface area contributed by atoms with Crippen LogP contribution in [0.15, 0.2) is 59.5 Å². The molecule has 0 atom stereocenters. The van der Waals surface area contributed by atoms with Gasteiger partial charge in [-0.25, -0.2) is 18.4 Å². The maximum Gasteiger partial charge on any atom is 0.261 e. The molecule has 0 fully saturated rings. The minimum atomic E-state index is -3.67. The molecule has 3 rings (SSSR count). The summed E-state index contributed by atoms with van der Waals surface area (Å²) < 4.78 is 32.5. The van der Waals surface area contributed by atoms with Crippen molar-refractivity contribution < 1.29 is 13.2 Å². The van der Waals surface area contributed by atoms with Gasteiger partial charge in [0, 0.05) is 22.8 Å². The first-order valence-electron chi connectivity index (χ1n) is 8.22. The van der Waals surface area contributed by atoms with Gasteiger partial charge in [0.1, 0.15) is 5.75 Å². The fourth-order valence-electron chi connectivity index (χ4n) is 2.50. The van der Waals surface area contributed by atoms with Crippen LogP contribution in [0.3, 0.4) is 0 Å². The van der Waals surface area contributed by atoms with Crippen molar-refractivity contribution in [1.29, 1.82) is 0 Å². The van der Waals surface area contributed by atoms with Gasteiger partial charge >= 0.3 is 0 Å². The van der Waals surface area contributed by atoms with Crippen molar-refractivity contribution in [3.63, 3.8) is 0 Å². The van der Waals surface area contributed by atoms with Crippen molar-refractivity contribution in [3.05, 3.63) is 66.0 Å². The van der Waals surface area contributed by atoms with E-state index < -0.39 is 10.0 Å². The van der Waals surface area contributed by atoms with E-state index >= 15 is 0 Å². The first-order valence-corrected chi connectivity index (χ1v) is 9.70. The molecular formula is C19H20N4O3S. The van der Waals surface area contributed by atoms with Crippen LogP contribution in [-0.2, 0) is 10.0 Å². The highest BCUT2D eigenvalue weighted by atomic mass is 32.2. The summed E-state index contributed by atoms with van der Waals surface area (Å²) in [6.07, 6.45) is 0. The van der Waals surface area contributed by atoms with Gasteiger partial charge in [0.2, 0.25) is 5.95 Å². The summed E-state index contributed by atoms with van der Waals surface area (Å²) in [5, 5.41) is 3.11. The number of aromatic nitrogens is 2. The summed E-state index contributed by atoms with van der Waals surface area (Å²) >= 11 is 0. The standard InChI is InChI=1S/C19H20N4O3S/c1-13-12-14(2)21-19(20-13)22-15-4-6-16(7-5-15)23-27(24,25)18-10-8-17(26-3)9-11-18/h4-12,23H,1-3H3,(H,20,21,22). The van der Waals surface area contributed by atoms with Crippen molar-refractivity contribution in [2.75, 3.05) is 17.1 Å². The summed E-state index contributed by atoms with van der Waals surface area (Å²) in [5.74, 6) is 1.09. The molecule has 0 radical (unpaired) electrons. The number of methoxy groups -OCH3 is 1. The summed E-state index contributed by atoms with van der Waals surface area (Å²) in [6.45, 7) is 3.80. The Morgan fingerprint density at radius 2 is 1.41 bits per heavy atom. The number of ether oxygens (including phenoxy) is 1. The zero-order chi connectivity index (χ0) is 19.4. The predicted octanol–water partition coefficient (Wildman–Crippen LogP) is 3.65. The molecule has 3 aromatic rings. The fraction of sp³-hybridized carbons (Fsp3) is 0.158. The van der Waals surface area contributed by atoms with Gasteiger partial charge in [-0.2, -0.15) is 0 Å². The number of hydrogen-bond donors (Lipinski definition) is 2. The topological polar surface area (TPSA) is 93.2 Å². The summed E-state index contributed by atoms with van der Waals surface area (Å²) in [4.78, 5) is 8.80. The van der Waals surface area contributed by atoms with Gasteiger partial charge in [0.05, 0.1) is 12.0 Å². The molecule has 0 saturated heterocycles. The van der Waals surface area contributed by atoms with Gasteiger partial charge in [0.25, 0.3) is 10.0 Å². The van der Waals surface area contributed by atoms with Crippen LogP contribution in [0.25, 0.3) is 0 Å². The Balaban J connectivity index is 1.72. The van der Waals surface area contributed by atoms with Gasteiger partial charge in [-0.05, 0) is 68.4 Å². The lowest BCUT2D eigenvalue weighted by Gasteiger charge is -2.10. The van der Waals surface area contributed by atoms with E-state index in [9.17, 15) is 8.42 Å².